The number of hydrogen-bond acceptors (Lipinski definition) is 3. The molecule has 1 aliphatic rings. The molecule has 0 aromatic heterocycles. The third-order valence-electron chi connectivity index (χ3n) is 5.08. The molecule has 0 saturated heterocycles. The fourth-order valence-corrected chi connectivity index (χ4v) is 3.70. The van der Waals surface area contributed by atoms with Crippen LogP contribution in [0.5, 0.6) is 5.75 Å². The molecule has 0 fully saturated rings. The summed E-state index contributed by atoms with van der Waals surface area (Å²) in [5.41, 5.74) is -0.880. The second-order valence-corrected chi connectivity index (χ2v) is 7.10. The van der Waals surface area contributed by atoms with Gasteiger partial charge in [-0.2, -0.15) is 13.2 Å². The van der Waals surface area contributed by atoms with E-state index in [1.807, 2.05) is 0 Å². The standard InChI is InChI=1S/C23H19F4N3O2/c1-12-19(22(31)30-17-7-5-6-8-18(17)32-4)20(21(28-3)13(2)29-12)15-10-9-14(24)11-16(15)23(25,26)27/h5-11,20,29H,1-2,4H3,(H,30,31). The van der Waals surface area contributed by atoms with Crippen LogP contribution >= 0.6 is 0 Å². The van der Waals surface area contributed by atoms with Crippen LogP contribution < -0.4 is 15.4 Å². The Labute approximate surface area is 182 Å². The van der Waals surface area contributed by atoms with E-state index in [9.17, 15) is 22.4 Å². The number of allylic oxidation sites excluding steroid dienone is 3. The lowest BCUT2D eigenvalue weighted by Crippen LogP contribution is -2.31. The van der Waals surface area contributed by atoms with Gasteiger partial charge in [-0.05, 0) is 43.7 Å². The van der Waals surface area contributed by atoms with Gasteiger partial charge in [-0.15, -0.1) is 0 Å². The summed E-state index contributed by atoms with van der Waals surface area (Å²) in [6.07, 6.45) is -4.89. The molecule has 2 N–H and O–H groups in total. The fraction of sp³-hybridized carbons (Fsp3) is 0.217. The minimum Gasteiger partial charge on any atom is -0.495 e. The van der Waals surface area contributed by atoms with Crippen LogP contribution in [-0.4, -0.2) is 13.0 Å². The molecular weight excluding hydrogens is 426 g/mol. The number of dihydropyridines is 1. The van der Waals surface area contributed by atoms with Gasteiger partial charge in [0.1, 0.15) is 11.6 Å². The minimum atomic E-state index is -4.89. The Hall–Kier alpha value is -3.80. The molecule has 2 aromatic rings. The predicted molar refractivity (Wildman–Crippen MR) is 111 cm³/mol. The largest absolute Gasteiger partial charge is 0.495 e. The number of ether oxygens (including phenoxy) is 1. The molecule has 1 aliphatic heterocycles. The molecule has 1 atom stereocenters. The lowest BCUT2D eigenvalue weighted by Gasteiger charge is -2.30. The molecular formula is C23H19F4N3O2. The van der Waals surface area contributed by atoms with Gasteiger partial charge in [0.05, 0.1) is 30.9 Å². The zero-order valence-corrected chi connectivity index (χ0v) is 17.4. The maximum absolute atomic E-state index is 13.8. The van der Waals surface area contributed by atoms with Crippen molar-refractivity contribution in [2.24, 2.45) is 0 Å². The molecule has 0 bridgehead atoms. The number of amides is 1. The molecule has 1 amide bonds. The number of rotatable bonds is 4. The van der Waals surface area contributed by atoms with Crippen LogP contribution in [0.25, 0.3) is 4.85 Å². The number of para-hydroxylation sites is 2. The Morgan fingerprint density at radius 3 is 2.47 bits per heavy atom. The third kappa shape index (κ3) is 4.30. The lowest BCUT2D eigenvalue weighted by atomic mass is 9.81. The van der Waals surface area contributed by atoms with Crippen molar-refractivity contribution in [3.8, 4) is 5.75 Å². The average Bonchev–Trinajstić information content (AvgIpc) is 2.73. The quantitative estimate of drug-likeness (QED) is 0.476. The van der Waals surface area contributed by atoms with Gasteiger partial charge in [-0.1, -0.05) is 18.2 Å². The van der Waals surface area contributed by atoms with Crippen LogP contribution in [0.2, 0.25) is 0 Å². The first-order chi connectivity index (χ1) is 15.1. The number of carbonyl (C=O) groups is 1. The fourth-order valence-electron chi connectivity index (χ4n) is 3.70. The summed E-state index contributed by atoms with van der Waals surface area (Å²) in [5.74, 6) is -2.77. The van der Waals surface area contributed by atoms with Crippen LogP contribution in [-0.2, 0) is 11.0 Å². The van der Waals surface area contributed by atoms with E-state index < -0.39 is 29.4 Å². The van der Waals surface area contributed by atoms with E-state index in [-0.39, 0.29) is 22.5 Å². The molecule has 1 unspecified atom stereocenters. The van der Waals surface area contributed by atoms with Crippen LogP contribution in [0, 0.1) is 12.4 Å². The van der Waals surface area contributed by atoms with Crippen molar-refractivity contribution >= 4 is 11.6 Å². The number of benzene rings is 2. The third-order valence-corrected chi connectivity index (χ3v) is 5.08. The van der Waals surface area contributed by atoms with Crippen LogP contribution in [0.1, 0.15) is 30.9 Å². The van der Waals surface area contributed by atoms with Gasteiger partial charge in [0.15, 0.2) is 5.70 Å². The van der Waals surface area contributed by atoms with Crippen molar-refractivity contribution in [2.75, 3.05) is 12.4 Å². The topological polar surface area (TPSA) is 54.7 Å². The molecule has 0 spiro atoms. The Morgan fingerprint density at radius 1 is 1.16 bits per heavy atom. The normalized spacial score (nSPS) is 16.4. The van der Waals surface area contributed by atoms with Crippen LogP contribution in [0.3, 0.4) is 0 Å². The molecule has 0 radical (unpaired) electrons. The number of methoxy groups -OCH3 is 1. The summed E-state index contributed by atoms with van der Waals surface area (Å²) in [6.45, 7) is 10.6. The van der Waals surface area contributed by atoms with E-state index in [4.69, 9.17) is 11.3 Å². The van der Waals surface area contributed by atoms with E-state index in [1.165, 1.54) is 21.0 Å². The highest BCUT2D eigenvalue weighted by molar-refractivity contribution is 6.07. The molecule has 1 heterocycles. The van der Waals surface area contributed by atoms with Gasteiger partial charge >= 0.3 is 6.18 Å². The van der Waals surface area contributed by atoms with Gasteiger partial charge in [-0.25, -0.2) is 9.24 Å². The molecule has 2 aromatic carbocycles. The highest BCUT2D eigenvalue weighted by atomic mass is 19.4. The monoisotopic (exact) mass is 445 g/mol. The van der Waals surface area contributed by atoms with Crippen molar-refractivity contribution in [1.29, 1.82) is 0 Å². The minimum absolute atomic E-state index is 0.0791. The number of carbonyl (C=O) groups excluding carboxylic acids is 1. The van der Waals surface area contributed by atoms with Crippen LogP contribution in [0.4, 0.5) is 23.2 Å². The summed E-state index contributed by atoms with van der Waals surface area (Å²) in [5, 5.41) is 5.54. The molecule has 5 nitrogen and oxygen atoms in total. The van der Waals surface area contributed by atoms with Crippen molar-refractivity contribution in [1.82, 2.24) is 5.32 Å². The molecule has 32 heavy (non-hydrogen) atoms. The number of nitrogens with zero attached hydrogens (tertiary/aromatic N) is 1. The molecule has 0 aliphatic carbocycles. The van der Waals surface area contributed by atoms with Gasteiger partial charge in [0, 0.05) is 17.0 Å². The van der Waals surface area contributed by atoms with Gasteiger partial charge in [-0.3, -0.25) is 4.79 Å². The first-order valence-electron chi connectivity index (χ1n) is 9.45. The Morgan fingerprint density at radius 2 is 1.84 bits per heavy atom. The van der Waals surface area contributed by atoms with E-state index >= 15 is 0 Å². The number of hydrogen-bond donors (Lipinski definition) is 2. The van der Waals surface area contributed by atoms with Gasteiger partial charge in [0.25, 0.3) is 5.91 Å². The number of alkyl halides is 3. The summed E-state index contributed by atoms with van der Waals surface area (Å²) < 4.78 is 60.2. The summed E-state index contributed by atoms with van der Waals surface area (Å²) in [7, 11) is 1.41. The number of anilines is 1. The maximum Gasteiger partial charge on any atom is 0.416 e. The maximum atomic E-state index is 13.8. The second-order valence-electron chi connectivity index (χ2n) is 7.10. The highest BCUT2D eigenvalue weighted by Crippen LogP contribution is 2.44. The van der Waals surface area contributed by atoms with Crippen LogP contribution in [0.15, 0.2) is 65.1 Å². The SMILES string of the molecule is [C-]#[N+]C1=C(C)NC(C)=C(C(=O)Nc2ccccc2OC)C1c1ccc(F)cc1C(F)(F)F. The summed E-state index contributed by atoms with van der Waals surface area (Å²) in [4.78, 5) is 16.7. The Balaban J connectivity index is 2.18. The zero-order valence-electron chi connectivity index (χ0n) is 17.4. The first-order valence-corrected chi connectivity index (χ1v) is 9.45. The van der Waals surface area contributed by atoms with E-state index in [0.717, 1.165) is 12.1 Å². The van der Waals surface area contributed by atoms with Gasteiger partial charge in [0.2, 0.25) is 0 Å². The van der Waals surface area contributed by atoms with E-state index in [2.05, 4.69) is 15.5 Å². The molecule has 3 rings (SSSR count). The first kappa shape index (κ1) is 22.9. The number of halogens is 4. The summed E-state index contributed by atoms with van der Waals surface area (Å²) in [6, 6.07) is 8.77. The van der Waals surface area contributed by atoms with Crippen molar-refractivity contribution < 1.29 is 27.1 Å². The number of nitrogens with one attached hydrogen (secondary N) is 2. The lowest BCUT2D eigenvalue weighted by molar-refractivity contribution is -0.138. The highest BCUT2D eigenvalue weighted by Gasteiger charge is 2.41. The predicted octanol–water partition coefficient (Wildman–Crippen LogP) is 5.60. The molecule has 9 heteroatoms. The Kier molecular flexibility index (Phi) is 6.25. The van der Waals surface area contributed by atoms with Crippen molar-refractivity contribution in [3.05, 3.63) is 93.5 Å². The second kappa shape index (κ2) is 8.75. The van der Waals surface area contributed by atoms with E-state index in [0.29, 0.717) is 23.2 Å². The summed E-state index contributed by atoms with van der Waals surface area (Å²) >= 11 is 0. The molecule has 0 saturated carbocycles. The average molecular weight is 445 g/mol. The molecule has 166 valence electrons. The van der Waals surface area contributed by atoms with E-state index in [1.54, 1.807) is 24.3 Å². The smallest absolute Gasteiger partial charge is 0.416 e. The van der Waals surface area contributed by atoms with Crippen molar-refractivity contribution in [3.63, 3.8) is 0 Å². The van der Waals surface area contributed by atoms with Gasteiger partial charge < -0.3 is 15.4 Å². The Bertz CT molecular complexity index is 1180. The van der Waals surface area contributed by atoms with Crippen molar-refractivity contribution in [2.45, 2.75) is 25.9 Å². The zero-order chi connectivity index (χ0) is 23.6.